The number of halogens is 1. The van der Waals surface area contributed by atoms with Crippen molar-refractivity contribution in [2.24, 2.45) is 7.05 Å². The van der Waals surface area contributed by atoms with Crippen LogP contribution in [0.2, 0.25) is 0 Å². The fourth-order valence-corrected chi connectivity index (χ4v) is 5.27. The Morgan fingerprint density at radius 1 is 1.06 bits per heavy atom. The molecule has 0 N–H and O–H groups in total. The predicted octanol–water partition coefficient (Wildman–Crippen LogP) is 2.58. The van der Waals surface area contributed by atoms with Crippen molar-refractivity contribution >= 4 is 21.4 Å². The number of anilines is 2. The van der Waals surface area contributed by atoms with Crippen LogP contribution in [-0.2, 0) is 23.6 Å². The molecule has 0 atom stereocenters. The first kappa shape index (κ1) is 22.8. The fourth-order valence-electron chi connectivity index (χ4n) is 3.84. The highest BCUT2D eigenvalue weighted by Gasteiger charge is 2.27. The van der Waals surface area contributed by atoms with Gasteiger partial charge in [-0.3, -0.25) is 8.99 Å². The van der Waals surface area contributed by atoms with E-state index < -0.39 is 15.8 Å². The highest BCUT2D eigenvalue weighted by Crippen LogP contribution is 2.31. The van der Waals surface area contributed by atoms with Gasteiger partial charge in [-0.2, -0.15) is 10.4 Å². The number of nitriles is 1. The molecule has 0 bridgehead atoms. The van der Waals surface area contributed by atoms with Gasteiger partial charge < -0.3 is 9.80 Å². The van der Waals surface area contributed by atoms with Crippen LogP contribution in [0.15, 0.2) is 59.6 Å². The Hall–Kier alpha value is -3.42. The van der Waals surface area contributed by atoms with Gasteiger partial charge in [-0.25, -0.2) is 12.8 Å². The van der Waals surface area contributed by atoms with E-state index >= 15 is 0 Å². The minimum atomic E-state index is -4.04. The van der Waals surface area contributed by atoms with Crippen LogP contribution in [0.5, 0.6) is 0 Å². The molecule has 4 rings (SSSR count). The SMILES string of the molecule is CN1CCN(c2ccc(N(Cc3ccnn3C)S(=O)(=O)c3ccc(F)cc3)cc2C#N)CC1. The molecule has 1 aliphatic rings. The van der Waals surface area contributed by atoms with E-state index in [9.17, 15) is 18.1 Å². The molecule has 2 aromatic carbocycles. The number of aryl methyl sites for hydroxylation is 1. The van der Waals surface area contributed by atoms with Crippen LogP contribution in [0.1, 0.15) is 11.3 Å². The van der Waals surface area contributed by atoms with E-state index in [4.69, 9.17) is 0 Å². The van der Waals surface area contributed by atoms with Crippen LogP contribution in [-0.4, -0.2) is 56.3 Å². The van der Waals surface area contributed by atoms with Crippen molar-refractivity contribution in [3.63, 3.8) is 0 Å². The Morgan fingerprint density at radius 3 is 2.36 bits per heavy atom. The number of rotatable bonds is 6. The van der Waals surface area contributed by atoms with E-state index in [1.807, 2.05) is 0 Å². The minimum absolute atomic E-state index is 0.00886. The van der Waals surface area contributed by atoms with Crippen LogP contribution >= 0.6 is 0 Å². The lowest BCUT2D eigenvalue weighted by Crippen LogP contribution is -2.44. The average molecular weight is 469 g/mol. The largest absolute Gasteiger partial charge is 0.368 e. The van der Waals surface area contributed by atoms with Gasteiger partial charge in [0.15, 0.2) is 0 Å². The Morgan fingerprint density at radius 2 is 1.76 bits per heavy atom. The molecule has 0 aliphatic carbocycles. The molecule has 10 heteroatoms. The summed E-state index contributed by atoms with van der Waals surface area (Å²) in [5.41, 5.74) is 2.22. The highest BCUT2D eigenvalue weighted by molar-refractivity contribution is 7.92. The number of nitrogens with zero attached hydrogens (tertiary/aromatic N) is 6. The molecule has 0 radical (unpaired) electrons. The highest BCUT2D eigenvalue weighted by atomic mass is 32.2. The summed E-state index contributed by atoms with van der Waals surface area (Å²) in [5.74, 6) is -0.518. The second-order valence-corrected chi connectivity index (χ2v) is 9.88. The molecule has 0 unspecified atom stereocenters. The molecule has 1 aliphatic heterocycles. The van der Waals surface area contributed by atoms with Crippen molar-refractivity contribution in [3.05, 3.63) is 71.8 Å². The lowest BCUT2D eigenvalue weighted by molar-refractivity contribution is 0.313. The monoisotopic (exact) mass is 468 g/mol. The minimum Gasteiger partial charge on any atom is -0.368 e. The summed E-state index contributed by atoms with van der Waals surface area (Å²) in [6, 6.07) is 13.8. The van der Waals surface area contributed by atoms with Crippen molar-refractivity contribution in [1.82, 2.24) is 14.7 Å². The Balaban J connectivity index is 1.76. The molecule has 0 spiro atoms. The maximum absolute atomic E-state index is 13.6. The first-order chi connectivity index (χ1) is 15.8. The van der Waals surface area contributed by atoms with Crippen molar-refractivity contribution in [3.8, 4) is 6.07 Å². The number of aromatic nitrogens is 2. The lowest BCUT2D eigenvalue weighted by atomic mass is 10.1. The molecular formula is C23H25FN6O2S. The number of piperazine rings is 1. The summed E-state index contributed by atoms with van der Waals surface area (Å²) in [5, 5.41) is 14.0. The topological polar surface area (TPSA) is 85.5 Å². The third-order valence-corrected chi connectivity index (χ3v) is 7.65. The van der Waals surface area contributed by atoms with Gasteiger partial charge in [0.2, 0.25) is 0 Å². The second kappa shape index (κ2) is 9.21. The molecule has 0 saturated carbocycles. The molecule has 8 nitrogen and oxygen atoms in total. The number of benzene rings is 2. The van der Waals surface area contributed by atoms with Gasteiger partial charge in [0.05, 0.1) is 34.1 Å². The molecule has 1 fully saturated rings. The van der Waals surface area contributed by atoms with Gasteiger partial charge in [0.1, 0.15) is 11.9 Å². The quantitative estimate of drug-likeness (QED) is 0.553. The van der Waals surface area contributed by atoms with Crippen LogP contribution < -0.4 is 9.21 Å². The van der Waals surface area contributed by atoms with Gasteiger partial charge in [0.25, 0.3) is 10.0 Å². The molecule has 33 heavy (non-hydrogen) atoms. The zero-order valence-corrected chi connectivity index (χ0v) is 19.3. The maximum atomic E-state index is 13.6. The average Bonchev–Trinajstić information content (AvgIpc) is 3.22. The predicted molar refractivity (Wildman–Crippen MR) is 124 cm³/mol. The van der Waals surface area contributed by atoms with Crippen LogP contribution in [0, 0.1) is 17.1 Å². The Kier molecular flexibility index (Phi) is 6.35. The van der Waals surface area contributed by atoms with Crippen molar-refractivity contribution in [2.45, 2.75) is 11.4 Å². The van der Waals surface area contributed by atoms with Crippen molar-refractivity contribution in [2.75, 3.05) is 42.4 Å². The van der Waals surface area contributed by atoms with E-state index in [1.165, 1.54) is 16.4 Å². The normalized spacial score (nSPS) is 14.8. The molecule has 1 aromatic heterocycles. The van der Waals surface area contributed by atoms with Crippen molar-refractivity contribution < 1.29 is 12.8 Å². The first-order valence-electron chi connectivity index (χ1n) is 10.5. The number of sulfonamides is 1. The molecule has 3 aromatic rings. The lowest BCUT2D eigenvalue weighted by Gasteiger charge is -2.35. The van der Waals surface area contributed by atoms with Gasteiger partial charge >= 0.3 is 0 Å². The summed E-state index contributed by atoms with van der Waals surface area (Å²) in [4.78, 5) is 4.33. The number of likely N-dealkylation sites (N-methyl/N-ethyl adjacent to an activating group) is 1. The standard InChI is InChI=1S/C23H25FN6O2S/c1-27-11-13-29(14-12-27)23-8-5-20(15-18(23)16-25)30(17-21-9-10-26-28(21)2)33(31,32)22-6-3-19(24)4-7-22/h3-10,15H,11-14,17H2,1-2H3. The molecule has 1 saturated heterocycles. The third-order valence-electron chi connectivity index (χ3n) is 5.86. The Labute approximate surface area is 193 Å². The maximum Gasteiger partial charge on any atom is 0.264 e. The van der Waals surface area contributed by atoms with Gasteiger partial charge in [-0.15, -0.1) is 0 Å². The van der Waals surface area contributed by atoms with Crippen LogP contribution in [0.25, 0.3) is 0 Å². The van der Waals surface area contributed by atoms with E-state index in [0.29, 0.717) is 16.9 Å². The zero-order valence-electron chi connectivity index (χ0n) is 18.5. The van der Waals surface area contributed by atoms with E-state index in [2.05, 4.69) is 28.0 Å². The van der Waals surface area contributed by atoms with E-state index in [-0.39, 0.29) is 11.4 Å². The molecule has 172 valence electrons. The van der Waals surface area contributed by atoms with Gasteiger partial charge in [-0.05, 0) is 55.6 Å². The summed E-state index contributed by atoms with van der Waals surface area (Å²) < 4.78 is 43.4. The van der Waals surface area contributed by atoms with E-state index in [0.717, 1.165) is 44.0 Å². The molecular weight excluding hydrogens is 443 g/mol. The summed E-state index contributed by atoms with van der Waals surface area (Å²) in [7, 11) is -0.249. The summed E-state index contributed by atoms with van der Waals surface area (Å²) >= 11 is 0. The van der Waals surface area contributed by atoms with Crippen LogP contribution in [0.3, 0.4) is 0 Å². The fraction of sp³-hybridized carbons (Fsp3) is 0.304. The smallest absolute Gasteiger partial charge is 0.264 e. The summed E-state index contributed by atoms with van der Waals surface area (Å²) in [6.07, 6.45) is 1.59. The Bertz CT molecular complexity index is 1280. The van der Waals surface area contributed by atoms with Crippen molar-refractivity contribution in [1.29, 1.82) is 5.26 Å². The summed E-state index contributed by atoms with van der Waals surface area (Å²) in [6.45, 7) is 3.36. The number of hydrogen-bond donors (Lipinski definition) is 0. The van der Waals surface area contributed by atoms with Gasteiger partial charge in [-0.1, -0.05) is 0 Å². The van der Waals surface area contributed by atoms with Crippen LogP contribution in [0.4, 0.5) is 15.8 Å². The van der Waals surface area contributed by atoms with E-state index in [1.54, 1.807) is 42.2 Å². The second-order valence-electron chi connectivity index (χ2n) is 8.02. The van der Waals surface area contributed by atoms with Gasteiger partial charge in [0, 0.05) is 39.4 Å². The number of hydrogen-bond acceptors (Lipinski definition) is 6. The molecule has 0 amide bonds. The molecule has 2 heterocycles. The zero-order chi connectivity index (χ0) is 23.6. The third kappa shape index (κ3) is 4.69. The first-order valence-corrected chi connectivity index (χ1v) is 12.0.